The lowest BCUT2D eigenvalue weighted by atomic mass is 10.2. The van der Waals surface area contributed by atoms with Crippen LogP contribution in [0.3, 0.4) is 0 Å². The summed E-state index contributed by atoms with van der Waals surface area (Å²) in [6.07, 6.45) is 1.14. The second kappa shape index (κ2) is 14.6. The van der Waals surface area contributed by atoms with Crippen molar-refractivity contribution < 1.29 is 4.74 Å². The first-order chi connectivity index (χ1) is 11.7. The standard InChI is InChI=1S/C19H24BrClN2O.2ClH/c1-2-22-10-3-11-23-13-16-6-9-19(18(20)12-16)24-14-15-4-7-17(21)8-5-15;;/h4-9,12,22-23H,2-3,10-11,13-14H2,1H3;2*1H. The largest absolute Gasteiger partial charge is 0.488 e. The van der Waals surface area contributed by atoms with Gasteiger partial charge in [-0.1, -0.05) is 36.7 Å². The monoisotopic (exact) mass is 482 g/mol. The van der Waals surface area contributed by atoms with Gasteiger partial charge in [-0.05, 0) is 77.4 Å². The summed E-state index contributed by atoms with van der Waals surface area (Å²) < 4.78 is 6.84. The maximum atomic E-state index is 5.89. The summed E-state index contributed by atoms with van der Waals surface area (Å²) in [4.78, 5) is 0. The molecule has 0 heterocycles. The van der Waals surface area contributed by atoms with E-state index in [0.29, 0.717) is 6.61 Å². The number of ether oxygens (including phenoxy) is 1. The summed E-state index contributed by atoms with van der Waals surface area (Å²) in [6, 6.07) is 13.9. The lowest BCUT2D eigenvalue weighted by Gasteiger charge is -2.11. The first kappa shape index (κ1) is 25.5. The Hall–Kier alpha value is -0.490. The molecular formula is C19H26BrCl3N2O. The van der Waals surface area contributed by atoms with Crippen LogP contribution in [0.1, 0.15) is 24.5 Å². The van der Waals surface area contributed by atoms with Gasteiger partial charge in [0.1, 0.15) is 12.4 Å². The Balaban J connectivity index is 0.00000312. The van der Waals surface area contributed by atoms with E-state index in [1.54, 1.807) is 0 Å². The molecular weight excluding hydrogens is 458 g/mol. The number of hydrogen-bond donors (Lipinski definition) is 2. The van der Waals surface area contributed by atoms with Crippen LogP contribution in [0.15, 0.2) is 46.9 Å². The summed E-state index contributed by atoms with van der Waals surface area (Å²) in [5, 5.41) is 7.52. The van der Waals surface area contributed by atoms with Crippen molar-refractivity contribution >= 4 is 52.3 Å². The molecule has 0 saturated carbocycles. The average Bonchev–Trinajstić information content (AvgIpc) is 2.59. The van der Waals surface area contributed by atoms with Crippen LogP contribution in [0, 0.1) is 0 Å². The molecule has 2 rings (SSSR count). The maximum Gasteiger partial charge on any atom is 0.134 e. The molecule has 0 aromatic heterocycles. The van der Waals surface area contributed by atoms with Crippen molar-refractivity contribution in [2.75, 3.05) is 19.6 Å². The maximum absolute atomic E-state index is 5.89. The lowest BCUT2D eigenvalue weighted by molar-refractivity contribution is 0.304. The van der Waals surface area contributed by atoms with E-state index < -0.39 is 0 Å². The van der Waals surface area contributed by atoms with Gasteiger partial charge in [-0.3, -0.25) is 0 Å². The lowest BCUT2D eigenvalue weighted by Crippen LogP contribution is -2.21. The van der Waals surface area contributed by atoms with Gasteiger partial charge in [0.25, 0.3) is 0 Å². The van der Waals surface area contributed by atoms with E-state index in [1.807, 2.05) is 30.3 Å². The molecule has 0 fully saturated rings. The van der Waals surface area contributed by atoms with Gasteiger partial charge >= 0.3 is 0 Å². The highest BCUT2D eigenvalue weighted by molar-refractivity contribution is 9.10. The second-order valence-corrected chi connectivity index (χ2v) is 6.85. The molecule has 0 radical (unpaired) electrons. The summed E-state index contributed by atoms with van der Waals surface area (Å²) >= 11 is 9.48. The molecule has 0 amide bonds. The summed E-state index contributed by atoms with van der Waals surface area (Å²) in [5.41, 5.74) is 2.34. The Labute approximate surface area is 182 Å². The molecule has 2 aromatic rings. The van der Waals surface area contributed by atoms with Gasteiger partial charge in [0.15, 0.2) is 0 Å². The minimum absolute atomic E-state index is 0. The number of benzene rings is 2. The van der Waals surface area contributed by atoms with E-state index >= 15 is 0 Å². The SMILES string of the molecule is CCNCCCNCc1ccc(OCc2ccc(Cl)cc2)c(Br)c1.Cl.Cl. The van der Waals surface area contributed by atoms with Crippen LogP contribution >= 0.6 is 52.3 Å². The number of hydrogen-bond acceptors (Lipinski definition) is 3. The Kier molecular flexibility index (Phi) is 14.3. The van der Waals surface area contributed by atoms with Gasteiger partial charge in [-0.2, -0.15) is 0 Å². The molecule has 146 valence electrons. The van der Waals surface area contributed by atoms with Gasteiger partial charge in [0.05, 0.1) is 4.47 Å². The Bertz CT molecular complexity index is 627. The van der Waals surface area contributed by atoms with Gasteiger partial charge in [0.2, 0.25) is 0 Å². The molecule has 0 unspecified atom stereocenters. The van der Waals surface area contributed by atoms with E-state index in [2.05, 4.69) is 45.6 Å². The molecule has 0 atom stereocenters. The van der Waals surface area contributed by atoms with Crippen LogP contribution in [0.4, 0.5) is 0 Å². The van der Waals surface area contributed by atoms with Gasteiger partial charge in [0, 0.05) is 11.6 Å². The fraction of sp³-hybridized carbons (Fsp3) is 0.368. The quantitative estimate of drug-likeness (QED) is 0.430. The molecule has 2 N–H and O–H groups in total. The highest BCUT2D eigenvalue weighted by Gasteiger charge is 2.04. The van der Waals surface area contributed by atoms with Crippen LogP contribution in [0.5, 0.6) is 5.75 Å². The van der Waals surface area contributed by atoms with Crippen molar-refractivity contribution in [1.29, 1.82) is 0 Å². The van der Waals surface area contributed by atoms with Crippen LogP contribution < -0.4 is 15.4 Å². The molecule has 0 aliphatic rings. The van der Waals surface area contributed by atoms with E-state index in [1.165, 1.54) is 5.56 Å². The zero-order chi connectivity index (χ0) is 17.2. The molecule has 0 aliphatic heterocycles. The minimum Gasteiger partial charge on any atom is -0.488 e. The van der Waals surface area contributed by atoms with Crippen molar-refractivity contribution in [2.24, 2.45) is 0 Å². The second-order valence-electron chi connectivity index (χ2n) is 5.56. The Morgan fingerprint density at radius 1 is 0.962 bits per heavy atom. The van der Waals surface area contributed by atoms with Crippen LogP contribution in [0.25, 0.3) is 0 Å². The first-order valence-corrected chi connectivity index (χ1v) is 9.43. The predicted octanol–water partition coefficient (Wildman–Crippen LogP) is 5.61. The fourth-order valence-electron chi connectivity index (χ4n) is 2.26. The third kappa shape index (κ3) is 9.45. The summed E-state index contributed by atoms with van der Waals surface area (Å²) in [6.45, 7) is 6.62. The molecule has 2 aromatic carbocycles. The Morgan fingerprint density at radius 2 is 1.62 bits per heavy atom. The minimum atomic E-state index is 0. The molecule has 0 spiro atoms. The van der Waals surface area contributed by atoms with Crippen molar-refractivity contribution in [2.45, 2.75) is 26.5 Å². The van der Waals surface area contributed by atoms with E-state index in [9.17, 15) is 0 Å². The van der Waals surface area contributed by atoms with Crippen LogP contribution in [0.2, 0.25) is 5.02 Å². The van der Waals surface area contributed by atoms with Crippen molar-refractivity contribution in [3.05, 3.63) is 63.1 Å². The fourth-order valence-corrected chi connectivity index (χ4v) is 2.93. The summed E-state index contributed by atoms with van der Waals surface area (Å²) in [5.74, 6) is 0.848. The Morgan fingerprint density at radius 3 is 2.27 bits per heavy atom. The van der Waals surface area contributed by atoms with Crippen LogP contribution in [-0.4, -0.2) is 19.6 Å². The van der Waals surface area contributed by atoms with E-state index in [-0.39, 0.29) is 24.8 Å². The molecule has 26 heavy (non-hydrogen) atoms. The summed E-state index contributed by atoms with van der Waals surface area (Å²) in [7, 11) is 0. The van der Waals surface area contributed by atoms with E-state index in [0.717, 1.165) is 53.4 Å². The number of nitrogens with one attached hydrogen (secondary N) is 2. The molecule has 3 nitrogen and oxygen atoms in total. The third-order valence-electron chi connectivity index (χ3n) is 3.59. The zero-order valence-electron chi connectivity index (χ0n) is 14.8. The highest BCUT2D eigenvalue weighted by Crippen LogP contribution is 2.27. The molecule has 0 aliphatic carbocycles. The van der Waals surface area contributed by atoms with Gasteiger partial charge < -0.3 is 15.4 Å². The van der Waals surface area contributed by atoms with Crippen molar-refractivity contribution in [1.82, 2.24) is 10.6 Å². The number of halogens is 4. The van der Waals surface area contributed by atoms with Crippen molar-refractivity contribution in [3.63, 3.8) is 0 Å². The molecule has 0 saturated heterocycles. The van der Waals surface area contributed by atoms with Crippen LogP contribution in [-0.2, 0) is 13.2 Å². The van der Waals surface area contributed by atoms with Crippen molar-refractivity contribution in [3.8, 4) is 5.75 Å². The highest BCUT2D eigenvalue weighted by atomic mass is 79.9. The zero-order valence-corrected chi connectivity index (χ0v) is 18.7. The topological polar surface area (TPSA) is 33.3 Å². The first-order valence-electron chi connectivity index (χ1n) is 8.26. The average molecular weight is 485 g/mol. The van der Waals surface area contributed by atoms with E-state index in [4.69, 9.17) is 16.3 Å². The van der Waals surface area contributed by atoms with Gasteiger partial charge in [-0.15, -0.1) is 24.8 Å². The number of rotatable bonds is 10. The third-order valence-corrected chi connectivity index (χ3v) is 4.46. The smallest absolute Gasteiger partial charge is 0.134 e. The normalized spacial score (nSPS) is 9.96. The predicted molar refractivity (Wildman–Crippen MR) is 119 cm³/mol. The van der Waals surface area contributed by atoms with Gasteiger partial charge in [-0.25, -0.2) is 0 Å². The molecule has 0 bridgehead atoms. The molecule has 7 heteroatoms.